The number of benzene rings is 2. The highest BCUT2D eigenvalue weighted by Gasteiger charge is 1.98. The molecule has 0 unspecified atom stereocenters. The standard InChI is InChI=1S/C7H7BrO.C6H5NO2/c1-9-7-5-3-2-4-6(7)8;8-7(9)6-4-2-1-3-5-6/h2-5H,1H3;1-5H. The van der Waals surface area contributed by atoms with E-state index in [4.69, 9.17) is 4.74 Å². The van der Waals surface area contributed by atoms with Crippen LogP contribution in [0.1, 0.15) is 0 Å². The van der Waals surface area contributed by atoms with E-state index in [1.54, 1.807) is 25.3 Å². The van der Waals surface area contributed by atoms with E-state index >= 15 is 0 Å². The summed E-state index contributed by atoms with van der Waals surface area (Å²) >= 11 is 3.33. The first-order valence-corrected chi connectivity index (χ1v) is 5.92. The fourth-order valence-corrected chi connectivity index (χ4v) is 1.61. The van der Waals surface area contributed by atoms with Gasteiger partial charge in [0.25, 0.3) is 5.69 Å². The smallest absolute Gasteiger partial charge is 0.269 e. The monoisotopic (exact) mass is 309 g/mol. The summed E-state index contributed by atoms with van der Waals surface area (Å²) in [5, 5.41) is 10.0. The SMILES string of the molecule is COc1ccccc1Br.O=[N+]([O-])c1ccccc1. The predicted molar refractivity (Wildman–Crippen MR) is 73.8 cm³/mol. The van der Waals surface area contributed by atoms with Crippen molar-refractivity contribution in [3.8, 4) is 5.75 Å². The molecule has 0 aliphatic rings. The number of non-ortho nitro benzene ring substituents is 1. The lowest BCUT2D eigenvalue weighted by molar-refractivity contribution is -0.384. The zero-order chi connectivity index (χ0) is 13.4. The molecule has 0 spiro atoms. The Bertz CT molecular complexity index is 503. The number of methoxy groups -OCH3 is 1. The number of nitro groups is 1. The lowest BCUT2D eigenvalue weighted by Crippen LogP contribution is -1.84. The molecule has 0 radical (unpaired) electrons. The normalized spacial score (nSPS) is 9.00. The van der Waals surface area contributed by atoms with Crippen molar-refractivity contribution in [3.63, 3.8) is 0 Å². The molecule has 2 rings (SSSR count). The van der Waals surface area contributed by atoms with Crippen LogP contribution in [-0.2, 0) is 0 Å². The molecule has 0 aliphatic carbocycles. The number of nitro benzene ring substituents is 1. The Balaban J connectivity index is 0.000000180. The van der Waals surface area contributed by atoms with Crippen molar-refractivity contribution in [2.45, 2.75) is 0 Å². The molecule has 0 atom stereocenters. The highest BCUT2D eigenvalue weighted by Crippen LogP contribution is 2.22. The molecule has 0 bridgehead atoms. The zero-order valence-corrected chi connectivity index (χ0v) is 11.3. The minimum absolute atomic E-state index is 0.137. The Hall–Kier alpha value is -1.88. The molecule has 0 aromatic heterocycles. The van der Waals surface area contributed by atoms with Gasteiger partial charge in [0.1, 0.15) is 5.75 Å². The Kier molecular flexibility index (Phi) is 5.87. The number of hydrogen-bond donors (Lipinski definition) is 0. The topological polar surface area (TPSA) is 52.4 Å². The second-order valence-corrected chi connectivity index (χ2v) is 4.08. The van der Waals surface area contributed by atoms with Crippen LogP contribution in [0.2, 0.25) is 0 Å². The van der Waals surface area contributed by atoms with Gasteiger partial charge in [0, 0.05) is 12.1 Å². The van der Waals surface area contributed by atoms with E-state index in [0.29, 0.717) is 0 Å². The maximum absolute atomic E-state index is 10.0. The van der Waals surface area contributed by atoms with Crippen LogP contribution < -0.4 is 4.74 Å². The minimum Gasteiger partial charge on any atom is -0.496 e. The number of para-hydroxylation sites is 2. The molecule has 0 amide bonds. The number of hydrogen-bond acceptors (Lipinski definition) is 3. The van der Waals surface area contributed by atoms with Crippen LogP contribution in [0.15, 0.2) is 59.1 Å². The lowest BCUT2D eigenvalue weighted by atomic mass is 10.3. The minimum atomic E-state index is -0.417. The molecule has 4 nitrogen and oxygen atoms in total. The average molecular weight is 310 g/mol. The van der Waals surface area contributed by atoms with Gasteiger partial charge in [-0.05, 0) is 28.1 Å². The Morgan fingerprint density at radius 2 is 1.61 bits per heavy atom. The molecule has 0 saturated carbocycles. The molecule has 2 aromatic rings. The van der Waals surface area contributed by atoms with Crippen molar-refractivity contribution >= 4 is 21.6 Å². The van der Waals surface area contributed by atoms with E-state index in [-0.39, 0.29) is 5.69 Å². The van der Waals surface area contributed by atoms with Crippen molar-refractivity contribution in [2.75, 3.05) is 7.11 Å². The third kappa shape index (κ3) is 4.55. The summed E-state index contributed by atoms with van der Waals surface area (Å²) in [5.74, 6) is 0.873. The van der Waals surface area contributed by atoms with Crippen molar-refractivity contribution in [1.82, 2.24) is 0 Å². The Morgan fingerprint density at radius 1 is 1.06 bits per heavy atom. The summed E-state index contributed by atoms with van der Waals surface area (Å²) in [4.78, 5) is 9.59. The molecule has 94 valence electrons. The van der Waals surface area contributed by atoms with Crippen molar-refractivity contribution in [2.24, 2.45) is 0 Å². The summed E-state index contributed by atoms with van der Waals surface area (Å²) in [5.41, 5.74) is 0.137. The molecule has 0 N–H and O–H groups in total. The number of rotatable bonds is 2. The van der Waals surface area contributed by atoms with Crippen LogP contribution in [0.5, 0.6) is 5.75 Å². The van der Waals surface area contributed by atoms with E-state index < -0.39 is 4.92 Å². The first-order valence-electron chi connectivity index (χ1n) is 5.13. The molecule has 0 fully saturated rings. The fourth-order valence-electron chi connectivity index (χ4n) is 1.16. The second-order valence-electron chi connectivity index (χ2n) is 3.23. The lowest BCUT2D eigenvalue weighted by Gasteiger charge is -1.99. The van der Waals surface area contributed by atoms with Crippen LogP contribution in [-0.4, -0.2) is 12.0 Å². The van der Waals surface area contributed by atoms with E-state index in [2.05, 4.69) is 15.9 Å². The first-order chi connectivity index (χ1) is 8.65. The molecular weight excluding hydrogens is 298 g/mol. The maximum Gasteiger partial charge on any atom is 0.269 e. The van der Waals surface area contributed by atoms with Crippen molar-refractivity contribution in [1.29, 1.82) is 0 Å². The summed E-state index contributed by atoms with van der Waals surface area (Å²) in [6, 6.07) is 15.7. The summed E-state index contributed by atoms with van der Waals surface area (Å²) < 4.78 is 5.99. The maximum atomic E-state index is 10.0. The highest BCUT2D eigenvalue weighted by atomic mass is 79.9. The second kappa shape index (κ2) is 7.45. The van der Waals surface area contributed by atoms with Gasteiger partial charge in [0.15, 0.2) is 0 Å². The average Bonchev–Trinajstić information content (AvgIpc) is 2.41. The van der Waals surface area contributed by atoms with Gasteiger partial charge in [-0.3, -0.25) is 10.1 Å². The fraction of sp³-hybridized carbons (Fsp3) is 0.0769. The van der Waals surface area contributed by atoms with Crippen LogP contribution in [0.25, 0.3) is 0 Å². The number of nitrogens with zero attached hydrogens (tertiary/aromatic N) is 1. The molecule has 0 heterocycles. The molecule has 5 heteroatoms. The quantitative estimate of drug-likeness (QED) is 0.621. The first kappa shape index (κ1) is 14.2. The molecular formula is C13H12BrNO3. The van der Waals surface area contributed by atoms with Gasteiger partial charge in [0.2, 0.25) is 0 Å². The number of halogens is 1. The third-order valence-electron chi connectivity index (χ3n) is 2.02. The van der Waals surface area contributed by atoms with Crippen LogP contribution >= 0.6 is 15.9 Å². The summed E-state index contributed by atoms with van der Waals surface area (Å²) in [7, 11) is 1.65. The predicted octanol–water partition coefficient (Wildman–Crippen LogP) is 4.05. The van der Waals surface area contributed by atoms with Gasteiger partial charge in [-0.2, -0.15) is 0 Å². The van der Waals surface area contributed by atoms with Crippen LogP contribution in [0, 0.1) is 10.1 Å². The molecule has 18 heavy (non-hydrogen) atoms. The van der Waals surface area contributed by atoms with Gasteiger partial charge < -0.3 is 4.74 Å². The van der Waals surface area contributed by atoms with E-state index in [1.807, 2.05) is 24.3 Å². The third-order valence-corrected chi connectivity index (χ3v) is 2.68. The molecule has 0 aliphatic heterocycles. The van der Waals surface area contributed by atoms with Gasteiger partial charge in [0.05, 0.1) is 16.5 Å². The summed E-state index contributed by atoms with van der Waals surface area (Å²) in [6.07, 6.45) is 0. The Morgan fingerprint density at radius 3 is 2.00 bits per heavy atom. The number of ether oxygens (including phenoxy) is 1. The van der Waals surface area contributed by atoms with E-state index in [0.717, 1.165) is 10.2 Å². The zero-order valence-electron chi connectivity index (χ0n) is 9.75. The molecule has 0 saturated heterocycles. The van der Waals surface area contributed by atoms with E-state index in [1.165, 1.54) is 12.1 Å². The van der Waals surface area contributed by atoms with Gasteiger partial charge >= 0.3 is 0 Å². The Labute approximate surface area is 113 Å². The largest absolute Gasteiger partial charge is 0.496 e. The van der Waals surface area contributed by atoms with Gasteiger partial charge in [-0.1, -0.05) is 30.3 Å². The summed E-state index contributed by atoms with van der Waals surface area (Å²) in [6.45, 7) is 0. The van der Waals surface area contributed by atoms with Crippen LogP contribution in [0.3, 0.4) is 0 Å². The van der Waals surface area contributed by atoms with E-state index in [9.17, 15) is 10.1 Å². The highest BCUT2D eigenvalue weighted by molar-refractivity contribution is 9.10. The van der Waals surface area contributed by atoms with Gasteiger partial charge in [-0.25, -0.2) is 0 Å². The molecule has 2 aromatic carbocycles. The van der Waals surface area contributed by atoms with Gasteiger partial charge in [-0.15, -0.1) is 0 Å². The van der Waals surface area contributed by atoms with Crippen molar-refractivity contribution in [3.05, 3.63) is 69.2 Å². The van der Waals surface area contributed by atoms with Crippen molar-refractivity contribution < 1.29 is 9.66 Å². The van der Waals surface area contributed by atoms with Crippen LogP contribution in [0.4, 0.5) is 5.69 Å².